The number of hydrogen-bond acceptors (Lipinski definition) is 4. The number of methoxy groups -OCH3 is 1. The van der Waals surface area contributed by atoms with Crippen LogP contribution in [0, 0.1) is 5.92 Å². The maximum atomic E-state index is 12.3. The lowest BCUT2D eigenvalue weighted by atomic mass is 9.99. The first-order valence-electron chi connectivity index (χ1n) is 7.78. The SMILES string of the molecule is COCc1csc(NC(=O)N2CCC(Cc3ccccc3)C2)n1. The van der Waals surface area contributed by atoms with Crippen LogP contribution >= 0.6 is 11.3 Å². The number of carbonyl (C=O) groups is 1. The molecule has 2 aromatic rings. The van der Waals surface area contributed by atoms with Gasteiger partial charge in [-0.05, 0) is 24.3 Å². The Morgan fingerprint density at radius 3 is 3.04 bits per heavy atom. The number of nitrogens with one attached hydrogen (secondary N) is 1. The third-order valence-corrected chi connectivity index (χ3v) is 4.80. The molecule has 0 radical (unpaired) electrons. The lowest BCUT2D eigenvalue weighted by molar-refractivity contribution is 0.182. The molecule has 1 N–H and O–H groups in total. The van der Waals surface area contributed by atoms with E-state index in [2.05, 4.69) is 34.6 Å². The summed E-state index contributed by atoms with van der Waals surface area (Å²) < 4.78 is 5.04. The Labute approximate surface area is 140 Å². The van der Waals surface area contributed by atoms with Gasteiger partial charge in [0.2, 0.25) is 0 Å². The molecule has 0 bridgehead atoms. The van der Waals surface area contributed by atoms with Gasteiger partial charge < -0.3 is 9.64 Å². The Balaban J connectivity index is 1.50. The van der Waals surface area contributed by atoms with Crippen LogP contribution in [0.3, 0.4) is 0 Å². The summed E-state index contributed by atoms with van der Waals surface area (Å²) in [5, 5.41) is 5.42. The van der Waals surface area contributed by atoms with Crippen molar-refractivity contribution >= 4 is 22.5 Å². The van der Waals surface area contributed by atoms with E-state index in [1.165, 1.54) is 16.9 Å². The second-order valence-corrected chi connectivity index (χ2v) is 6.66. The molecule has 1 unspecified atom stereocenters. The predicted molar refractivity (Wildman–Crippen MR) is 91.7 cm³/mol. The summed E-state index contributed by atoms with van der Waals surface area (Å²) in [6.45, 7) is 2.08. The number of thiazole rings is 1. The number of benzene rings is 1. The van der Waals surface area contributed by atoms with Crippen LogP contribution < -0.4 is 5.32 Å². The van der Waals surface area contributed by atoms with Crippen LogP contribution in [0.2, 0.25) is 0 Å². The van der Waals surface area contributed by atoms with Crippen molar-refractivity contribution in [3.05, 3.63) is 47.0 Å². The van der Waals surface area contributed by atoms with Gasteiger partial charge in [0.05, 0.1) is 12.3 Å². The molecule has 0 aliphatic carbocycles. The van der Waals surface area contributed by atoms with E-state index in [0.717, 1.165) is 31.6 Å². The number of amides is 2. The Morgan fingerprint density at radius 1 is 1.43 bits per heavy atom. The molecule has 1 fully saturated rings. The Hall–Kier alpha value is -1.92. The van der Waals surface area contributed by atoms with Gasteiger partial charge in [-0.15, -0.1) is 11.3 Å². The van der Waals surface area contributed by atoms with Crippen molar-refractivity contribution < 1.29 is 9.53 Å². The molecule has 0 spiro atoms. The molecular weight excluding hydrogens is 310 g/mol. The minimum atomic E-state index is -0.0566. The second kappa shape index (κ2) is 7.57. The summed E-state index contributed by atoms with van der Waals surface area (Å²) in [5.41, 5.74) is 2.18. The van der Waals surface area contributed by atoms with Gasteiger partial charge in [-0.1, -0.05) is 30.3 Å². The molecule has 1 aliphatic heterocycles. The monoisotopic (exact) mass is 331 g/mol. The average Bonchev–Trinajstić information content (AvgIpc) is 3.18. The number of rotatable bonds is 5. The highest BCUT2D eigenvalue weighted by molar-refractivity contribution is 7.13. The van der Waals surface area contributed by atoms with Gasteiger partial charge in [0, 0.05) is 25.6 Å². The van der Waals surface area contributed by atoms with E-state index in [9.17, 15) is 4.79 Å². The summed E-state index contributed by atoms with van der Waals surface area (Å²) in [6.07, 6.45) is 2.08. The van der Waals surface area contributed by atoms with Gasteiger partial charge >= 0.3 is 6.03 Å². The van der Waals surface area contributed by atoms with Crippen molar-refractivity contribution in [1.29, 1.82) is 0 Å². The van der Waals surface area contributed by atoms with Gasteiger partial charge in [-0.3, -0.25) is 5.32 Å². The molecule has 122 valence electrons. The largest absolute Gasteiger partial charge is 0.378 e. The van der Waals surface area contributed by atoms with Crippen LogP contribution in [0.1, 0.15) is 17.7 Å². The highest BCUT2D eigenvalue weighted by atomic mass is 32.1. The van der Waals surface area contributed by atoms with E-state index in [4.69, 9.17) is 4.74 Å². The van der Waals surface area contributed by atoms with Crippen molar-refractivity contribution in [2.75, 3.05) is 25.5 Å². The lowest BCUT2D eigenvalue weighted by Crippen LogP contribution is -2.33. The van der Waals surface area contributed by atoms with Gasteiger partial charge in [-0.2, -0.15) is 0 Å². The van der Waals surface area contributed by atoms with Crippen LogP contribution in [0.25, 0.3) is 0 Å². The number of hydrogen-bond donors (Lipinski definition) is 1. The zero-order valence-electron chi connectivity index (χ0n) is 13.2. The molecule has 2 heterocycles. The third-order valence-electron chi connectivity index (χ3n) is 4.00. The molecular formula is C17H21N3O2S. The zero-order valence-corrected chi connectivity index (χ0v) is 14.0. The van der Waals surface area contributed by atoms with Gasteiger partial charge in [0.25, 0.3) is 0 Å². The Morgan fingerprint density at radius 2 is 2.26 bits per heavy atom. The van der Waals surface area contributed by atoms with Crippen molar-refractivity contribution in [1.82, 2.24) is 9.88 Å². The van der Waals surface area contributed by atoms with Gasteiger partial charge in [0.1, 0.15) is 0 Å². The van der Waals surface area contributed by atoms with Crippen molar-refractivity contribution in [2.24, 2.45) is 5.92 Å². The molecule has 3 rings (SSSR count). The highest BCUT2D eigenvalue weighted by Gasteiger charge is 2.26. The number of aromatic nitrogens is 1. The van der Waals surface area contributed by atoms with E-state index in [0.29, 0.717) is 17.7 Å². The molecule has 1 aromatic carbocycles. The smallest absolute Gasteiger partial charge is 0.323 e. The summed E-state index contributed by atoms with van der Waals surface area (Å²) in [6, 6.07) is 10.4. The molecule has 0 saturated carbocycles. The highest BCUT2D eigenvalue weighted by Crippen LogP contribution is 2.22. The molecule has 1 atom stereocenters. The Bertz CT molecular complexity index is 644. The molecule has 1 aromatic heterocycles. The number of urea groups is 1. The molecule has 1 aliphatic rings. The van der Waals surface area contributed by atoms with Crippen LogP contribution in [0.5, 0.6) is 0 Å². The van der Waals surface area contributed by atoms with E-state index >= 15 is 0 Å². The first-order valence-corrected chi connectivity index (χ1v) is 8.66. The van der Waals surface area contributed by atoms with E-state index in [-0.39, 0.29) is 6.03 Å². The summed E-state index contributed by atoms with van der Waals surface area (Å²) in [5.74, 6) is 0.531. The maximum absolute atomic E-state index is 12.3. The number of likely N-dealkylation sites (tertiary alicyclic amines) is 1. The topological polar surface area (TPSA) is 54.5 Å². The van der Waals surface area contributed by atoms with Crippen LogP contribution in [0.4, 0.5) is 9.93 Å². The van der Waals surface area contributed by atoms with Crippen molar-refractivity contribution in [2.45, 2.75) is 19.4 Å². The summed E-state index contributed by atoms with van der Waals surface area (Å²) in [4.78, 5) is 18.5. The standard InChI is InChI=1S/C17H21N3O2S/c1-22-11-15-12-23-16(18-15)19-17(21)20-8-7-14(10-20)9-13-5-3-2-4-6-13/h2-6,12,14H,7-11H2,1H3,(H,18,19,21). The molecule has 6 heteroatoms. The number of nitrogens with zero attached hydrogens (tertiary/aromatic N) is 2. The quantitative estimate of drug-likeness (QED) is 0.914. The van der Waals surface area contributed by atoms with E-state index in [1.54, 1.807) is 7.11 Å². The minimum absolute atomic E-state index is 0.0566. The molecule has 5 nitrogen and oxygen atoms in total. The Kier molecular flexibility index (Phi) is 5.25. The average molecular weight is 331 g/mol. The van der Waals surface area contributed by atoms with E-state index in [1.807, 2.05) is 16.3 Å². The minimum Gasteiger partial charge on any atom is -0.378 e. The first kappa shape index (κ1) is 16.0. The summed E-state index contributed by atoms with van der Waals surface area (Å²) >= 11 is 1.43. The van der Waals surface area contributed by atoms with Crippen LogP contribution in [-0.2, 0) is 17.8 Å². The van der Waals surface area contributed by atoms with Crippen molar-refractivity contribution in [3.8, 4) is 0 Å². The van der Waals surface area contributed by atoms with Gasteiger partial charge in [-0.25, -0.2) is 9.78 Å². The molecule has 1 saturated heterocycles. The summed E-state index contributed by atoms with van der Waals surface area (Å²) in [7, 11) is 1.63. The van der Waals surface area contributed by atoms with Crippen molar-refractivity contribution in [3.63, 3.8) is 0 Å². The predicted octanol–water partition coefficient (Wildman–Crippen LogP) is 3.39. The zero-order chi connectivity index (χ0) is 16.1. The number of carbonyl (C=O) groups excluding carboxylic acids is 1. The van der Waals surface area contributed by atoms with Crippen LogP contribution in [-0.4, -0.2) is 36.1 Å². The molecule has 23 heavy (non-hydrogen) atoms. The van der Waals surface area contributed by atoms with E-state index < -0.39 is 0 Å². The normalized spacial score (nSPS) is 17.4. The fraction of sp³-hybridized carbons (Fsp3) is 0.412. The van der Waals surface area contributed by atoms with Gasteiger partial charge in [0.15, 0.2) is 5.13 Å². The number of anilines is 1. The number of ether oxygens (including phenoxy) is 1. The maximum Gasteiger partial charge on any atom is 0.323 e. The fourth-order valence-corrected chi connectivity index (χ4v) is 3.56. The third kappa shape index (κ3) is 4.30. The molecule has 2 amide bonds. The van der Waals surface area contributed by atoms with Crippen LogP contribution in [0.15, 0.2) is 35.7 Å². The lowest BCUT2D eigenvalue weighted by Gasteiger charge is -2.16. The second-order valence-electron chi connectivity index (χ2n) is 5.80. The first-order chi connectivity index (χ1) is 11.2. The fourth-order valence-electron chi connectivity index (χ4n) is 2.88.